The number of hydrogen-bond donors (Lipinski definition) is 3. The van der Waals surface area contributed by atoms with Gasteiger partial charge in [-0.3, -0.25) is 0 Å². The lowest BCUT2D eigenvalue weighted by Crippen LogP contribution is -2.36. The average Bonchev–Trinajstić information content (AvgIpc) is 3.16. The Hall–Kier alpha value is -2.86. The van der Waals surface area contributed by atoms with Gasteiger partial charge in [0.15, 0.2) is 0 Å². The third kappa shape index (κ3) is 3.04. The molecule has 1 heterocycles. The third-order valence-electron chi connectivity index (χ3n) is 4.83. The first-order chi connectivity index (χ1) is 12.7. The van der Waals surface area contributed by atoms with Crippen LogP contribution in [0.25, 0.3) is 11.0 Å². The van der Waals surface area contributed by atoms with E-state index in [-0.39, 0.29) is 6.03 Å². The van der Waals surface area contributed by atoms with Crippen molar-refractivity contribution in [3.05, 3.63) is 59.9 Å². The van der Waals surface area contributed by atoms with Gasteiger partial charge in [0.2, 0.25) is 0 Å². The van der Waals surface area contributed by atoms with Crippen LogP contribution in [0.4, 0.5) is 10.5 Å². The van der Waals surface area contributed by atoms with Gasteiger partial charge in [0.05, 0.1) is 29.5 Å². The van der Waals surface area contributed by atoms with Crippen LogP contribution in [-0.2, 0) is 13.0 Å². The van der Waals surface area contributed by atoms with Gasteiger partial charge in [-0.05, 0) is 35.7 Å². The van der Waals surface area contributed by atoms with Gasteiger partial charge in [0.1, 0.15) is 0 Å². The molecular weight excluding hydrogens is 328 g/mol. The molecule has 3 N–H and O–H groups in total. The highest BCUT2D eigenvalue weighted by atomic mass is 16.3. The molecule has 0 saturated heterocycles. The molecular formula is C20H22N4O2. The number of nitrogens with one attached hydrogen (secondary N) is 2. The van der Waals surface area contributed by atoms with Crippen molar-refractivity contribution in [2.75, 3.05) is 5.32 Å². The summed E-state index contributed by atoms with van der Waals surface area (Å²) < 4.78 is 2.10. The molecule has 0 radical (unpaired) electrons. The Labute approximate surface area is 151 Å². The molecule has 134 valence electrons. The van der Waals surface area contributed by atoms with Crippen LogP contribution in [0.1, 0.15) is 30.5 Å². The summed E-state index contributed by atoms with van der Waals surface area (Å²) in [5.41, 5.74) is 4.63. The van der Waals surface area contributed by atoms with Gasteiger partial charge >= 0.3 is 6.03 Å². The van der Waals surface area contributed by atoms with E-state index in [1.807, 2.05) is 48.8 Å². The average molecular weight is 350 g/mol. The molecule has 2 atom stereocenters. The van der Waals surface area contributed by atoms with E-state index in [0.29, 0.717) is 12.1 Å². The lowest BCUT2D eigenvalue weighted by Gasteiger charge is -2.18. The molecule has 0 saturated carbocycles. The second-order valence-electron chi connectivity index (χ2n) is 6.69. The van der Waals surface area contributed by atoms with Crippen LogP contribution in [0.15, 0.2) is 48.8 Å². The van der Waals surface area contributed by atoms with Gasteiger partial charge in [-0.25, -0.2) is 9.78 Å². The molecule has 0 aliphatic heterocycles. The maximum absolute atomic E-state index is 12.4. The van der Waals surface area contributed by atoms with E-state index in [1.165, 1.54) is 0 Å². The van der Waals surface area contributed by atoms with Crippen molar-refractivity contribution in [2.24, 2.45) is 0 Å². The highest BCUT2D eigenvalue weighted by Gasteiger charge is 2.31. The molecule has 1 aliphatic carbocycles. The van der Waals surface area contributed by atoms with Crippen molar-refractivity contribution < 1.29 is 9.90 Å². The summed E-state index contributed by atoms with van der Waals surface area (Å²) in [7, 11) is 0. The van der Waals surface area contributed by atoms with E-state index in [4.69, 9.17) is 0 Å². The molecule has 6 nitrogen and oxygen atoms in total. The maximum atomic E-state index is 12.4. The normalized spacial score (nSPS) is 18.7. The Morgan fingerprint density at radius 3 is 3.00 bits per heavy atom. The lowest BCUT2D eigenvalue weighted by molar-refractivity contribution is 0.144. The van der Waals surface area contributed by atoms with Crippen LogP contribution in [0.2, 0.25) is 0 Å². The number of imidazole rings is 1. The number of aromatic nitrogens is 2. The van der Waals surface area contributed by atoms with Gasteiger partial charge < -0.3 is 20.3 Å². The molecule has 2 amide bonds. The van der Waals surface area contributed by atoms with Crippen molar-refractivity contribution >= 4 is 22.8 Å². The van der Waals surface area contributed by atoms with Crippen LogP contribution in [0.5, 0.6) is 0 Å². The lowest BCUT2D eigenvalue weighted by atomic mass is 10.1. The molecule has 0 unspecified atom stereocenters. The molecule has 0 spiro atoms. The molecule has 3 aromatic rings. The fourth-order valence-corrected chi connectivity index (χ4v) is 3.62. The van der Waals surface area contributed by atoms with E-state index in [9.17, 15) is 9.90 Å². The van der Waals surface area contributed by atoms with E-state index in [1.54, 1.807) is 0 Å². The zero-order valence-electron chi connectivity index (χ0n) is 14.6. The van der Waals surface area contributed by atoms with Crippen LogP contribution in [0.3, 0.4) is 0 Å². The first kappa shape index (κ1) is 16.6. The molecule has 0 fully saturated rings. The number of aliphatic hydroxyl groups excluding tert-OH is 1. The number of aryl methyl sites for hydroxylation is 1. The summed E-state index contributed by atoms with van der Waals surface area (Å²) in [5, 5.41) is 16.0. The van der Waals surface area contributed by atoms with E-state index < -0.39 is 12.1 Å². The highest BCUT2D eigenvalue weighted by molar-refractivity contribution is 5.92. The summed E-state index contributed by atoms with van der Waals surface area (Å²) in [5.74, 6) is 0. The molecule has 0 bridgehead atoms. The number of urea groups is 1. The van der Waals surface area contributed by atoms with Gasteiger partial charge in [-0.15, -0.1) is 0 Å². The van der Waals surface area contributed by atoms with Crippen molar-refractivity contribution in [1.29, 1.82) is 0 Å². The van der Waals surface area contributed by atoms with E-state index in [2.05, 4.69) is 27.1 Å². The monoisotopic (exact) mass is 350 g/mol. The van der Waals surface area contributed by atoms with Gasteiger partial charge in [0, 0.05) is 18.7 Å². The minimum absolute atomic E-state index is 0.335. The number of anilines is 1. The van der Waals surface area contributed by atoms with Crippen molar-refractivity contribution in [2.45, 2.75) is 38.5 Å². The van der Waals surface area contributed by atoms with Crippen molar-refractivity contribution in [1.82, 2.24) is 14.9 Å². The number of nitrogens with zero attached hydrogens (tertiary/aromatic N) is 2. The fraction of sp³-hybridized carbons (Fsp3) is 0.300. The van der Waals surface area contributed by atoms with Crippen LogP contribution in [-0.4, -0.2) is 26.8 Å². The first-order valence-electron chi connectivity index (χ1n) is 8.94. The smallest absolute Gasteiger partial charge is 0.319 e. The Morgan fingerprint density at radius 1 is 1.31 bits per heavy atom. The number of carbonyl (C=O) groups is 1. The standard InChI is InChI=1S/C20H22N4O2/c1-2-9-24-12-21-16-11-14(7-8-17(16)24)22-20(26)23-19-15-6-4-3-5-13(15)10-18(19)25/h3-8,11-12,18-19,25H,2,9-10H2,1H3,(H2,22,23,26)/t18-,19+/m0/s1. The van der Waals surface area contributed by atoms with Crippen LogP contribution in [0, 0.1) is 0 Å². The summed E-state index contributed by atoms with van der Waals surface area (Å²) >= 11 is 0. The first-order valence-corrected chi connectivity index (χ1v) is 8.94. The number of fused-ring (bicyclic) bond motifs is 2. The summed E-state index contributed by atoms with van der Waals surface area (Å²) in [6.45, 7) is 3.05. The predicted octanol–water partition coefficient (Wildman–Crippen LogP) is 3.23. The minimum atomic E-state index is -0.606. The molecule has 1 aromatic heterocycles. The van der Waals surface area contributed by atoms with Crippen LogP contribution < -0.4 is 10.6 Å². The predicted molar refractivity (Wildman–Crippen MR) is 101 cm³/mol. The topological polar surface area (TPSA) is 79.2 Å². The largest absolute Gasteiger partial charge is 0.390 e. The van der Waals surface area contributed by atoms with Gasteiger partial charge in [0.25, 0.3) is 0 Å². The summed E-state index contributed by atoms with van der Waals surface area (Å²) in [4.78, 5) is 16.8. The molecule has 2 aromatic carbocycles. The Morgan fingerprint density at radius 2 is 2.15 bits per heavy atom. The quantitative estimate of drug-likeness (QED) is 0.676. The van der Waals surface area contributed by atoms with Crippen LogP contribution >= 0.6 is 0 Å². The van der Waals surface area contributed by atoms with Crippen molar-refractivity contribution in [3.8, 4) is 0 Å². The Bertz CT molecular complexity index is 950. The number of rotatable bonds is 4. The fourth-order valence-electron chi connectivity index (χ4n) is 3.62. The Balaban J connectivity index is 1.47. The third-order valence-corrected chi connectivity index (χ3v) is 4.83. The van der Waals surface area contributed by atoms with E-state index >= 15 is 0 Å². The zero-order valence-corrected chi connectivity index (χ0v) is 14.6. The van der Waals surface area contributed by atoms with Crippen molar-refractivity contribution in [3.63, 3.8) is 0 Å². The maximum Gasteiger partial charge on any atom is 0.319 e. The molecule has 6 heteroatoms. The van der Waals surface area contributed by atoms with E-state index in [0.717, 1.165) is 35.1 Å². The summed E-state index contributed by atoms with van der Waals surface area (Å²) in [6.07, 6.45) is 2.82. The highest BCUT2D eigenvalue weighted by Crippen LogP contribution is 2.31. The number of hydrogen-bond acceptors (Lipinski definition) is 3. The van der Waals surface area contributed by atoms with Gasteiger partial charge in [-0.2, -0.15) is 0 Å². The molecule has 1 aliphatic rings. The minimum Gasteiger partial charge on any atom is -0.390 e. The molecule has 26 heavy (non-hydrogen) atoms. The second kappa shape index (κ2) is 6.80. The molecule has 4 rings (SSSR count). The SMILES string of the molecule is CCCn1cnc2cc(NC(=O)N[C@@H]3c4ccccc4C[C@@H]3O)ccc21. The summed E-state index contributed by atoms with van der Waals surface area (Å²) in [6, 6.07) is 12.8. The van der Waals surface area contributed by atoms with Gasteiger partial charge in [-0.1, -0.05) is 31.2 Å². The number of aliphatic hydroxyl groups is 1. The second-order valence-corrected chi connectivity index (χ2v) is 6.69. The number of benzene rings is 2. The number of carbonyl (C=O) groups excluding carboxylic acids is 1. The number of amides is 2. The Kier molecular flexibility index (Phi) is 4.34. The zero-order chi connectivity index (χ0) is 18.1.